The fraction of sp³-hybridized carbons (Fsp3) is 0.125. The molecule has 0 saturated carbocycles. The van der Waals surface area contributed by atoms with Crippen molar-refractivity contribution in [1.82, 2.24) is 0 Å². The first-order valence-electron chi connectivity index (χ1n) is 6.44. The summed E-state index contributed by atoms with van der Waals surface area (Å²) in [6.07, 6.45) is 0. The number of anilines is 1. The van der Waals surface area contributed by atoms with Gasteiger partial charge < -0.3 is 10.1 Å². The smallest absolute Gasteiger partial charge is 0.338 e. The third kappa shape index (κ3) is 4.76. The quantitative estimate of drug-likeness (QED) is 0.854. The van der Waals surface area contributed by atoms with E-state index in [1.54, 1.807) is 6.07 Å². The molecule has 0 aliphatic rings. The summed E-state index contributed by atoms with van der Waals surface area (Å²) in [4.78, 5) is 23.6. The maximum Gasteiger partial charge on any atom is 0.338 e. The van der Waals surface area contributed by atoms with E-state index in [0.717, 1.165) is 5.56 Å². The van der Waals surface area contributed by atoms with Crippen molar-refractivity contribution in [1.29, 1.82) is 0 Å². The Morgan fingerprint density at radius 1 is 1.09 bits per heavy atom. The van der Waals surface area contributed by atoms with Gasteiger partial charge >= 0.3 is 5.97 Å². The first-order valence-corrected chi connectivity index (χ1v) is 7.19. The standard InChI is InChI=1S/C16H13Cl2NO3/c1-10-3-2-4-14(5-10)19-15(20)9-22-16(21)11-6-12(17)8-13(18)7-11/h2-8H,9H2,1H3,(H,19,20). The van der Waals surface area contributed by atoms with Gasteiger partial charge in [-0.2, -0.15) is 0 Å². The van der Waals surface area contributed by atoms with Crippen molar-refractivity contribution in [2.45, 2.75) is 6.92 Å². The summed E-state index contributed by atoms with van der Waals surface area (Å²) < 4.78 is 4.93. The van der Waals surface area contributed by atoms with Crippen LogP contribution in [0.2, 0.25) is 10.0 Å². The Balaban J connectivity index is 1.92. The first kappa shape index (κ1) is 16.3. The molecule has 2 aromatic rings. The fourth-order valence-corrected chi connectivity index (χ4v) is 2.33. The molecule has 0 aliphatic carbocycles. The molecule has 0 aliphatic heterocycles. The molecule has 0 fully saturated rings. The number of hydrogen-bond acceptors (Lipinski definition) is 3. The van der Waals surface area contributed by atoms with Crippen LogP contribution in [0.25, 0.3) is 0 Å². The van der Waals surface area contributed by atoms with Crippen molar-refractivity contribution in [3.05, 3.63) is 63.6 Å². The Bertz CT molecular complexity index is 696. The number of hydrogen-bond donors (Lipinski definition) is 1. The van der Waals surface area contributed by atoms with Crippen LogP contribution in [0.5, 0.6) is 0 Å². The maximum absolute atomic E-state index is 11.8. The van der Waals surface area contributed by atoms with Crippen LogP contribution in [-0.2, 0) is 9.53 Å². The van der Waals surface area contributed by atoms with E-state index >= 15 is 0 Å². The summed E-state index contributed by atoms with van der Waals surface area (Å²) in [6.45, 7) is 1.52. The summed E-state index contributed by atoms with van der Waals surface area (Å²) in [7, 11) is 0. The predicted molar refractivity (Wildman–Crippen MR) is 86.6 cm³/mol. The van der Waals surface area contributed by atoms with E-state index in [0.29, 0.717) is 15.7 Å². The zero-order valence-corrected chi connectivity index (χ0v) is 13.2. The number of rotatable bonds is 4. The monoisotopic (exact) mass is 337 g/mol. The molecule has 114 valence electrons. The average Bonchev–Trinajstić information content (AvgIpc) is 2.43. The molecule has 4 nitrogen and oxygen atoms in total. The second-order valence-electron chi connectivity index (χ2n) is 4.65. The second kappa shape index (κ2) is 7.29. The molecular formula is C16H13Cl2NO3. The molecule has 0 unspecified atom stereocenters. The minimum atomic E-state index is -0.663. The van der Waals surface area contributed by atoms with Crippen molar-refractivity contribution in [3.63, 3.8) is 0 Å². The number of carbonyl (C=O) groups excluding carboxylic acids is 2. The van der Waals surface area contributed by atoms with E-state index < -0.39 is 18.5 Å². The van der Waals surface area contributed by atoms with Crippen LogP contribution in [0.15, 0.2) is 42.5 Å². The summed E-state index contributed by atoms with van der Waals surface area (Å²) in [5.41, 5.74) is 1.86. The Hall–Kier alpha value is -2.04. The van der Waals surface area contributed by atoms with Crippen molar-refractivity contribution in [3.8, 4) is 0 Å². The van der Waals surface area contributed by atoms with Crippen molar-refractivity contribution in [2.24, 2.45) is 0 Å². The van der Waals surface area contributed by atoms with Gasteiger partial charge in [-0.15, -0.1) is 0 Å². The predicted octanol–water partition coefficient (Wildman–Crippen LogP) is 4.10. The zero-order valence-electron chi connectivity index (χ0n) is 11.7. The van der Waals surface area contributed by atoms with Gasteiger partial charge in [-0.25, -0.2) is 4.79 Å². The molecule has 2 rings (SSSR count). The lowest BCUT2D eigenvalue weighted by molar-refractivity contribution is -0.119. The average molecular weight is 338 g/mol. The van der Waals surface area contributed by atoms with Crippen LogP contribution in [0, 0.1) is 6.92 Å². The van der Waals surface area contributed by atoms with Crippen LogP contribution in [-0.4, -0.2) is 18.5 Å². The van der Waals surface area contributed by atoms with Gasteiger partial charge in [0.05, 0.1) is 5.56 Å². The zero-order chi connectivity index (χ0) is 16.1. The molecule has 1 amide bonds. The van der Waals surface area contributed by atoms with Crippen LogP contribution in [0.4, 0.5) is 5.69 Å². The lowest BCUT2D eigenvalue weighted by Gasteiger charge is -2.07. The van der Waals surface area contributed by atoms with E-state index in [4.69, 9.17) is 27.9 Å². The van der Waals surface area contributed by atoms with Crippen LogP contribution in [0.1, 0.15) is 15.9 Å². The van der Waals surface area contributed by atoms with Gasteiger partial charge in [0.1, 0.15) is 0 Å². The number of amides is 1. The fourth-order valence-electron chi connectivity index (χ4n) is 1.81. The summed E-state index contributed by atoms with van der Waals surface area (Å²) in [5, 5.41) is 3.29. The second-order valence-corrected chi connectivity index (χ2v) is 5.52. The summed E-state index contributed by atoms with van der Waals surface area (Å²) >= 11 is 11.6. The highest BCUT2D eigenvalue weighted by atomic mass is 35.5. The number of nitrogens with one attached hydrogen (secondary N) is 1. The van der Waals surface area contributed by atoms with Gasteiger partial charge in [0.25, 0.3) is 5.91 Å². The van der Waals surface area contributed by atoms with Crippen molar-refractivity contribution < 1.29 is 14.3 Å². The lowest BCUT2D eigenvalue weighted by atomic mass is 10.2. The minimum absolute atomic E-state index is 0.195. The van der Waals surface area contributed by atoms with E-state index in [-0.39, 0.29) is 5.56 Å². The highest BCUT2D eigenvalue weighted by Gasteiger charge is 2.12. The maximum atomic E-state index is 11.8. The Morgan fingerprint density at radius 2 is 1.77 bits per heavy atom. The van der Waals surface area contributed by atoms with Gasteiger partial charge in [0, 0.05) is 15.7 Å². The van der Waals surface area contributed by atoms with Crippen LogP contribution in [0.3, 0.4) is 0 Å². The van der Waals surface area contributed by atoms with Crippen molar-refractivity contribution >= 4 is 40.8 Å². The van der Waals surface area contributed by atoms with Gasteiger partial charge in [-0.1, -0.05) is 35.3 Å². The molecule has 1 N–H and O–H groups in total. The normalized spacial score (nSPS) is 10.1. The van der Waals surface area contributed by atoms with Gasteiger partial charge in [0.15, 0.2) is 6.61 Å². The van der Waals surface area contributed by atoms with E-state index in [1.807, 2.05) is 25.1 Å². The summed E-state index contributed by atoms with van der Waals surface area (Å²) in [6, 6.07) is 11.7. The number of halogens is 2. The number of ether oxygens (including phenoxy) is 1. The van der Waals surface area contributed by atoms with Crippen LogP contribution < -0.4 is 5.32 Å². The van der Waals surface area contributed by atoms with Gasteiger partial charge in [0.2, 0.25) is 0 Å². The summed E-state index contributed by atoms with van der Waals surface area (Å²) in [5.74, 6) is -1.09. The van der Waals surface area contributed by atoms with Gasteiger partial charge in [-0.05, 0) is 42.8 Å². The third-order valence-corrected chi connectivity index (χ3v) is 3.17. The largest absolute Gasteiger partial charge is 0.452 e. The number of carbonyl (C=O) groups is 2. The highest BCUT2D eigenvalue weighted by Crippen LogP contribution is 2.19. The molecule has 2 aromatic carbocycles. The van der Waals surface area contributed by atoms with E-state index in [2.05, 4.69) is 5.32 Å². The molecule has 22 heavy (non-hydrogen) atoms. The molecule has 0 spiro atoms. The Labute approximate surface area is 138 Å². The SMILES string of the molecule is Cc1cccc(NC(=O)COC(=O)c2cc(Cl)cc(Cl)c2)c1. The molecule has 0 heterocycles. The molecular weight excluding hydrogens is 325 g/mol. The van der Waals surface area contributed by atoms with Crippen LogP contribution >= 0.6 is 23.2 Å². The topological polar surface area (TPSA) is 55.4 Å². The minimum Gasteiger partial charge on any atom is -0.452 e. The van der Waals surface area contributed by atoms with E-state index in [1.165, 1.54) is 18.2 Å². The molecule has 0 radical (unpaired) electrons. The van der Waals surface area contributed by atoms with Gasteiger partial charge in [-0.3, -0.25) is 4.79 Å². The third-order valence-electron chi connectivity index (χ3n) is 2.73. The molecule has 0 atom stereocenters. The number of benzene rings is 2. The lowest BCUT2D eigenvalue weighted by Crippen LogP contribution is -2.21. The molecule has 6 heteroatoms. The number of aryl methyl sites for hydroxylation is 1. The van der Waals surface area contributed by atoms with Crippen molar-refractivity contribution in [2.75, 3.05) is 11.9 Å². The first-order chi connectivity index (χ1) is 10.4. The molecule has 0 aromatic heterocycles. The Morgan fingerprint density at radius 3 is 2.41 bits per heavy atom. The Kier molecular flexibility index (Phi) is 5.41. The van der Waals surface area contributed by atoms with E-state index in [9.17, 15) is 9.59 Å². The molecule has 0 bridgehead atoms. The number of esters is 1. The highest BCUT2D eigenvalue weighted by molar-refractivity contribution is 6.35. The molecule has 0 saturated heterocycles.